The molecule has 2 N–H and O–H groups in total. The zero-order valence-electron chi connectivity index (χ0n) is 17.4. The van der Waals surface area contributed by atoms with Gasteiger partial charge in [-0.05, 0) is 24.1 Å². The molecule has 0 aliphatic heterocycles. The Balaban J connectivity index is 0. The maximum absolute atomic E-state index is 12.2. The highest BCUT2D eigenvalue weighted by molar-refractivity contribution is 5.96. The Hall–Kier alpha value is -1.92. The number of benzene rings is 1. The highest BCUT2D eigenvalue weighted by Crippen LogP contribution is 2.14. The van der Waals surface area contributed by atoms with Gasteiger partial charge in [0.2, 0.25) is 0 Å². The van der Waals surface area contributed by atoms with Crippen LogP contribution in [0.1, 0.15) is 66.4 Å². The molecule has 150 valence electrons. The predicted molar refractivity (Wildman–Crippen MR) is 106 cm³/mol. The van der Waals surface area contributed by atoms with E-state index in [1.165, 1.54) is 0 Å². The summed E-state index contributed by atoms with van der Waals surface area (Å²) in [6.45, 7) is 11.7. The lowest BCUT2D eigenvalue weighted by atomic mass is 10.1. The van der Waals surface area contributed by atoms with Crippen molar-refractivity contribution in [1.82, 2.24) is 5.06 Å². The van der Waals surface area contributed by atoms with Gasteiger partial charge in [-0.25, -0.2) is 0 Å². The molecular weight excluding hydrogens is 332 g/mol. The summed E-state index contributed by atoms with van der Waals surface area (Å²) in [7, 11) is 1.57. The minimum atomic E-state index is -0.731. The Labute approximate surface area is 158 Å². The van der Waals surface area contributed by atoms with Crippen molar-refractivity contribution in [3.05, 3.63) is 29.8 Å². The molecule has 0 aromatic heterocycles. The Kier molecular flexibility index (Phi) is 16.7. The van der Waals surface area contributed by atoms with Crippen molar-refractivity contribution < 1.29 is 19.2 Å². The van der Waals surface area contributed by atoms with E-state index in [-0.39, 0.29) is 13.0 Å². The number of nitrogens with two attached hydrogens (primary N) is 1. The largest absolute Gasteiger partial charge is 0.497 e. The van der Waals surface area contributed by atoms with Crippen LogP contribution >= 0.6 is 0 Å². The van der Waals surface area contributed by atoms with Crippen molar-refractivity contribution in [3.8, 4) is 5.75 Å². The second-order valence-electron chi connectivity index (χ2n) is 4.90. The molecule has 0 aliphatic rings. The Morgan fingerprint density at radius 1 is 1.15 bits per heavy atom. The molecule has 0 bridgehead atoms. The van der Waals surface area contributed by atoms with Crippen LogP contribution in [0.2, 0.25) is 0 Å². The fourth-order valence-electron chi connectivity index (χ4n) is 1.89. The third-order valence-electron chi connectivity index (χ3n) is 3.14. The normalized spacial score (nSPS) is 10.5. The number of rotatable bonds is 8. The molecule has 0 heterocycles. The molecular formula is C20H36N2O4. The first-order valence-electron chi connectivity index (χ1n) is 9.41. The first-order chi connectivity index (χ1) is 12.5. The maximum atomic E-state index is 12.2. The number of amides is 2. The fraction of sp³-hybridized carbons (Fsp3) is 0.600. The van der Waals surface area contributed by atoms with Crippen molar-refractivity contribution in [2.45, 2.75) is 73.5 Å². The summed E-state index contributed by atoms with van der Waals surface area (Å²) in [5, 5.41) is 0.791. The number of carbonyl (C=O) groups excluding carboxylic acids is 2. The van der Waals surface area contributed by atoms with E-state index < -0.39 is 17.9 Å². The van der Waals surface area contributed by atoms with Gasteiger partial charge < -0.3 is 10.5 Å². The van der Waals surface area contributed by atoms with Gasteiger partial charge >= 0.3 is 0 Å². The summed E-state index contributed by atoms with van der Waals surface area (Å²) in [6.07, 6.45) is 1.44. The molecule has 1 aromatic rings. The van der Waals surface area contributed by atoms with Gasteiger partial charge in [-0.2, -0.15) is 5.06 Å². The van der Waals surface area contributed by atoms with Crippen LogP contribution in [0.25, 0.3) is 0 Å². The van der Waals surface area contributed by atoms with Gasteiger partial charge in [0, 0.05) is 6.42 Å². The molecule has 2 amide bonds. The Morgan fingerprint density at radius 3 is 2.27 bits per heavy atom. The molecule has 6 heteroatoms. The summed E-state index contributed by atoms with van der Waals surface area (Å²) in [6, 6.07) is 6.50. The minimum absolute atomic E-state index is 0.0908. The summed E-state index contributed by atoms with van der Waals surface area (Å²) in [4.78, 5) is 29.5. The number of imide groups is 1. The van der Waals surface area contributed by atoms with Crippen molar-refractivity contribution in [3.63, 3.8) is 0 Å². The van der Waals surface area contributed by atoms with Crippen LogP contribution in [-0.4, -0.2) is 30.0 Å². The highest BCUT2D eigenvalue weighted by Gasteiger charge is 2.26. The molecule has 6 nitrogen and oxygen atoms in total. The van der Waals surface area contributed by atoms with Crippen LogP contribution in [0, 0.1) is 0 Å². The number of methoxy groups -OCH3 is 1. The van der Waals surface area contributed by atoms with Gasteiger partial charge in [-0.3, -0.25) is 14.4 Å². The van der Waals surface area contributed by atoms with Crippen LogP contribution < -0.4 is 10.5 Å². The van der Waals surface area contributed by atoms with Crippen molar-refractivity contribution in [2.75, 3.05) is 7.11 Å². The minimum Gasteiger partial charge on any atom is -0.497 e. The van der Waals surface area contributed by atoms with Crippen LogP contribution in [0.4, 0.5) is 0 Å². The molecule has 0 aliphatic carbocycles. The average Bonchev–Trinajstić information content (AvgIpc) is 2.71. The van der Waals surface area contributed by atoms with Crippen LogP contribution in [-0.2, 0) is 21.0 Å². The first kappa shape index (κ1) is 26.3. The quantitative estimate of drug-likeness (QED) is 0.699. The summed E-state index contributed by atoms with van der Waals surface area (Å²) in [5.41, 5.74) is 6.59. The molecule has 1 rings (SSSR count). The van der Waals surface area contributed by atoms with Crippen LogP contribution in [0.5, 0.6) is 5.75 Å². The number of hydroxylamine groups is 2. The SMILES string of the molecule is CC.CC.CCCC(N)C(=O)N(OCc1cccc(OC)c1)C(=O)CC. The third kappa shape index (κ3) is 9.53. The van der Waals surface area contributed by atoms with Gasteiger partial charge in [0.05, 0.1) is 13.2 Å². The monoisotopic (exact) mass is 368 g/mol. The zero-order valence-corrected chi connectivity index (χ0v) is 17.4. The number of carbonyl (C=O) groups is 2. The molecule has 0 fully saturated rings. The molecule has 0 saturated heterocycles. The van der Waals surface area contributed by atoms with Gasteiger partial charge in [-0.1, -0.05) is 60.1 Å². The lowest BCUT2D eigenvalue weighted by Crippen LogP contribution is -2.46. The van der Waals surface area contributed by atoms with Crippen LogP contribution in [0.15, 0.2) is 24.3 Å². The second kappa shape index (κ2) is 16.5. The summed E-state index contributed by atoms with van der Waals surface area (Å²) >= 11 is 0. The third-order valence-corrected chi connectivity index (χ3v) is 3.14. The molecule has 1 unspecified atom stereocenters. The molecule has 0 radical (unpaired) electrons. The van der Waals surface area contributed by atoms with E-state index in [1.54, 1.807) is 26.2 Å². The van der Waals surface area contributed by atoms with Crippen LogP contribution in [0.3, 0.4) is 0 Å². The Morgan fingerprint density at radius 2 is 1.77 bits per heavy atom. The van der Waals surface area contributed by atoms with Crippen molar-refractivity contribution >= 4 is 11.8 Å². The topological polar surface area (TPSA) is 81.9 Å². The van der Waals surface area contributed by atoms with E-state index in [9.17, 15) is 9.59 Å². The predicted octanol–water partition coefficient (Wildman–Crippen LogP) is 4.07. The summed E-state index contributed by atoms with van der Waals surface area (Å²) < 4.78 is 5.12. The van der Waals surface area contributed by atoms with Gasteiger partial charge in [-0.15, -0.1) is 0 Å². The van der Waals surface area contributed by atoms with E-state index in [0.717, 1.165) is 17.0 Å². The van der Waals surface area contributed by atoms with Gasteiger partial charge in [0.25, 0.3) is 11.8 Å². The first-order valence-corrected chi connectivity index (χ1v) is 9.41. The number of ether oxygens (including phenoxy) is 1. The fourth-order valence-corrected chi connectivity index (χ4v) is 1.89. The summed E-state index contributed by atoms with van der Waals surface area (Å²) in [5.74, 6) is -0.223. The lowest BCUT2D eigenvalue weighted by Gasteiger charge is -2.22. The zero-order chi connectivity index (χ0) is 20.5. The van der Waals surface area contributed by atoms with Crippen molar-refractivity contribution in [1.29, 1.82) is 0 Å². The van der Waals surface area contributed by atoms with Gasteiger partial charge in [0.1, 0.15) is 12.4 Å². The van der Waals surface area contributed by atoms with Crippen molar-refractivity contribution in [2.24, 2.45) is 5.73 Å². The molecule has 0 saturated carbocycles. The molecule has 1 atom stereocenters. The maximum Gasteiger partial charge on any atom is 0.270 e. The molecule has 0 spiro atoms. The van der Waals surface area contributed by atoms with E-state index in [1.807, 2.05) is 46.8 Å². The van der Waals surface area contributed by atoms with E-state index in [4.69, 9.17) is 15.3 Å². The smallest absolute Gasteiger partial charge is 0.270 e. The van der Waals surface area contributed by atoms with Gasteiger partial charge in [0.15, 0.2) is 0 Å². The van der Waals surface area contributed by atoms with E-state index >= 15 is 0 Å². The van der Waals surface area contributed by atoms with E-state index in [0.29, 0.717) is 12.2 Å². The standard InChI is InChI=1S/C16H24N2O4.2C2H6/c1-4-7-14(17)16(20)18(15(19)5-2)22-11-12-8-6-9-13(10-12)21-3;2*1-2/h6,8-10,14H,4-5,7,11,17H2,1-3H3;2*1-2H3. The lowest BCUT2D eigenvalue weighted by molar-refractivity contribution is -0.200. The van der Waals surface area contributed by atoms with E-state index in [2.05, 4.69) is 0 Å². The average molecular weight is 369 g/mol. The highest BCUT2D eigenvalue weighted by atomic mass is 16.7. The number of nitrogens with zero attached hydrogens (tertiary/aromatic N) is 1. The second-order valence-corrected chi connectivity index (χ2v) is 4.90. The molecule has 1 aromatic carbocycles. The number of hydrogen-bond acceptors (Lipinski definition) is 5. The molecule has 26 heavy (non-hydrogen) atoms. The Bertz CT molecular complexity index is 506. The number of hydrogen-bond donors (Lipinski definition) is 1.